The summed E-state index contributed by atoms with van der Waals surface area (Å²) in [6.45, 7) is 2.58. The molecular formula is C17H8F6N2S2. The van der Waals surface area contributed by atoms with Gasteiger partial charge in [0.2, 0.25) is 0 Å². The molecular weight excluding hydrogens is 410 g/mol. The van der Waals surface area contributed by atoms with Crippen molar-refractivity contribution in [2.45, 2.75) is 31.6 Å². The third-order valence-corrected chi connectivity index (χ3v) is 6.17. The van der Waals surface area contributed by atoms with E-state index in [9.17, 15) is 26.3 Å². The second-order valence-electron chi connectivity index (χ2n) is 5.86. The van der Waals surface area contributed by atoms with Crippen molar-refractivity contribution in [1.82, 2.24) is 0 Å². The number of aryl methyl sites for hydroxylation is 2. The zero-order valence-corrected chi connectivity index (χ0v) is 15.3. The number of nitrogens with zero attached hydrogens (tertiary/aromatic N) is 2. The second-order valence-corrected chi connectivity index (χ2v) is 8.37. The van der Waals surface area contributed by atoms with E-state index < -0.39 is 40.0 Å². The second kappa shape index (κ2) is 5.85. The Balaban J connectivity index is 2.47. The summed E-state index contributed by atoms with van der Waals surface area (Å²) >= 11 is 1.49. The molecule has 0 unspecified atom stereocenters. The molecule has 0 N–H and O–H groups in total. The summed E-state index contributed by atoms with van der Waals surface area (Å²) in [5.41, 5.74) is -4.04. The zero-order chi connectivity index (χ0) is 20.4. The maximum absolute atomic E-state index is 14.6. The van der Waals surface area contributed by atoms with Crippen LogP contribution in [-0.4, -0.2) is 17.8 Å². The lowest BCUT2D eigenvalue weighted by atomic mass is 9.95. The van der Waals surface area contributed by atoms with Gasteiger partial charge in [0.25, 0.3) is 0 Å². The van der Waals surface area contributed by atoms with Crippen molar-refractivity contribution in [2.24, 2.45) is 0 Å². The average molecular weight is 418 g/mol. The lowest BCUT2D eigenvalue weighted by Gasteiger charge is -2.25. The van der Waals surface area contributed by atoms with Crippen LogP contribution in [0, 0.1) is 36.5 Å². The highest BCUT2D eigenvalue weighted by atomic mass is 32.1. The highest BCUT2D eigenvalue weighted by Crippen LogP contribution is 2.65. The summed E-state index contributed by atoms with van der Waals surface area (Å²) in [6.07, 6.45) is 0. The fraction of sp³-hybridized carbons (Fsp3) is 0.294. The molecule has 0 amide bonds. The van der Waals surface area contributed by atoms with Gasteiger partial charge < -0.3 is 0 Å². The predicted octanol–water partition coefficient (Wildman–Crippen LogP) is 6.00. The van der Waals surface area contributed by atoms with Gasteiger partial charge in [-0.2, -0.15) is 36.9 Å². The van der Waals surface area contributed by atoms with Crippen LogP contribution in [0.25, 0.3) is 11.1 Å². The third kappa shape index (κ3) is 2.43. The Bertz CT molecular complexity index is 980. The first-order valence-corrected chi connectivity index (χ1v) is 8.94. The maximum Gasteiger partial charge on any atom is 0.380 e. The molecule has 0 fully saturated rings. The SMILES string of the molecule is Cc1sc(C#N)cc1C1=C(c2cc(C#N)sc2C)C(F)(F)C(F)(F)C1(F)F. The number of allylic oxidation sites excluding steroid dienone is 2. The van der Waals surface area contributed by atoms with E-state index in [-0.39, 0.29) is 19.5 Å². The number of hydrogen-bond donors (Lipinski definition) is 0. The number of hydrogen-bond acceptors (Lipinski definition) is 4. The highest BCUT2D eigenvalue weighted by Gasteiger charge is 2.80. The summed E-state index contributed by atoms with van der Waals surface area (Å²) < 4.78 is 86.7. The van der Waals surface area contributed by atoms with E-state index in [2.05, 4.69) is 0 Å². The molecule has 0 atom stereocenters. The highest BCUT2D eigenvalue weighted by molar-refractivity contribution is 7.13. The summed E-state index contributed by atoms with van der Waals surface area (Å²) in [5.74, 6) is -16.0. The molecule has 0 bridgehead atoms. The first-order chi connectivity index (χ1) is 12.4. The van der Waals surface area contributed by atoms with E-state index in [4.69, 9.17) is 10.5 Å². The standard InChI is InChI=1S/C17H8F6N2S2/c1-7-11(3-9(5-24)26-7)13-14(12-4-10(6-25)27-8(12)2)16(20,21)17(22,23)15(13,18)19/h3-4H,1-2H3. The molecule has 2 aromatic rings. The number of alkyl halides is 6. The summed E-state index contributed by atoms with van der Waals surface area (Å²) in [5, 5.41) is 17.9. The van der Waals surface area contributed by atoms with E-state index in [0.717, 1.165) is 34.8 Å². The van der Waals surface area contributed by atoms with Gasteiger partial charge in [0.05, 0.1) is 0 Å². The molecule has 2 heterocycles. The lowest BCUT2D eigenvalue weighted by Crippen LogP contribution is -2.48. The molecule has 3 rings (SSSR count). The van der Waals surface area contributed by atoms with Gasteiger partial charge in [-0.1, -0.05) is 0 Å². The molecule has 27 heavy (non-hydrogen) atoms. The summed E-state index contributed by atoms with van der Waals surface area (Å²) in [7, 11) is 0. The Morgan fingerprint density at radius 2 is 1.07 bits per heavy atom. The van der Waals surface area contributed by atoms with Gasteiger partial charge in [0.15, 0.2) is 0 Å². The van der Waals surface area contributed by atoms with Gasteiger partial charge in [-0.3, -0.25) is 0 Å². The Morgan fingerprint density at radius 3 is 1.33 bits per heavy atom. The number of nitriles is 2. The maximum atomic E-state index is 14.6. The van der Waals surface area contributed by atoms with Crippen LogP contribution in [0.3, 0.4) is 0 Å². The molecule has 1 aliphatic carbocycles. The van der Waals surface area contributed by atoms with Crippen molar-refractivity contribution in [3.63, 3.8) is 0 Å². The van der Waals surface area contributed by atoms with Crippen LogP contribution in [0.5, 0.6) is 0 Å². The topological polar surface area (TPSA) is 47.6 Å². The largest absolute Gasteiger partial charge is 0.380 e. The van der Waals surface area contributed by atoms with Crippen LogP contribution in [-0.2, 0) is 0 Å². The van der Waals surface area contributed by atoms with E-state index in [1.54, 1.807) is 12.1 Å². The molecule has 10 heteroatoms. The van der Waals surface area contributed by atoms with Crippen molar-refractivity contribution in [2.75, 3.05) is 0 Å². The fourth-order valence-corrected chi connectivity index (χ4v) is 4.65. The number of halogens is 6. The minimum atomic E-state index is -5.66. The first kappa shape index (κ1) is 19.5. The molecule has 0 aromatic carbocycles. The minimum absolute atomic E-state index is 0.0422. The molecule has 1 aliphatic rings. The van der Waals surface area contributed by atoms with Crippen molar-refractivity contribution in [3.05, 3.63) is 42.8 Å². The summed E-state index contributed by atoms with van der Waals surface area (Å²) in [4.78, 5) is -0.0481. The zero-order valence-electron chi connectivity index (χ0n) is 13.6. The Labute approximate surface area is 157 Å². The smallest absolute Gasteiger partial charge is 0.194 e. The molecule has 0 aliphatic heterocycles. The van der Waals surface area contributed by atoms with E-state index >= 15 is 0 Å². The monoisotopic (exact) mass is 418 g/mol. The van der Waals surface area contributed by atoms with Gasteiger partial charge in [-0.05, 0) is 37.1 Å². The van der Waals surface area contributed by atoms with Gasteiger partial charge in [0, 0.05) is 20.9 Å². The molecule has 0 spiro atoms. The summed E-state index contributed by atoms with van der Waals surface area (Å²) in [6, 6.07) is 5.21. The molecule has 140 valence electrons. The molecule has 0 saturated carbocycles. The predicted molar refractivity (Wildman–Crippen MR) is 89.2 cm³/mol. The lowest BCUT2D eigenvalue weighted by molar-refractivity contribution is -0.254. The first-order valence-electron chi connectivity index (χ1n) is 7.30. The van der Waals surface area contributed by atoms with Crippen LogP contribution in [0.15, 0.2) is 12.1 Å². The van der Waals surface area contributed by atoms with Crippen molar-refractivity contribution in [3.8, 4) is 12.1 Å². The van der Waals surface area contributed by atoms with E-state index in [1.165, 1.54) is 13.8 Å². The van der Waals surface area contributed by atoms with Crippen LogP contribution in [0.2, 0.25) is 0 Å². The molecule has 0 radical (unpaired) electrons. The van der Waals surface area contributed by atoms with Crippen molar-refractivity contribution >= 4 is 33.8 Å². The minimum Gasteiger partial charge on any atom is -0.194 e. The fourth-order valence-electron chi connectivity index (χ4n) is 3.00. The van der Waals surface area contributed by atoms with Crippen LogP contribution >= 0.6 is 22.7 Å². The normalized spacial score (nSPS) is 19.8. The Morgan fingerprint density at radius 1 is 0.741 bits per heavy atom. The number of thiophene rings is 2. The Kier molecular flexibility index (Phi) is 4.21. The van der Waals surface area contributed by atoms with Gasteiger partial charge in [-0.25, -0.2) is 0 Å². The van der Waals surface area contributed by atoms with Gasteiger partial charge in [-0.15, -0.1) is 22.7 Å². The molecule has 0 saturated heterocycles. The van der Waals surface area contributed by atoms with Gasteiger partial charge >= 0.3 is 17.8 Å². The van der Waals surface area contributed by atoms with E-state index in [0.29, 0.717) is 0 Å². The number of rotatable bonds is 2. The van der Waals surface area contributed by atoms with Crippen molar-refractivity contribution in [1.29, 1.82) is 10.5 Å². The van der Waals surface area contributed by atoms with Crippen LogP contribution in [0.4, 0.5) is 26.3 Å². The van der Waals surface area contributed by atoms with Gasteiger partial charge in [0.1, 0.15) is 21.9 Å². The Hall–Kier alpha value is -2.30. The molecule has 2 nitrogen and oxygen atoms in total. The third-order valence-electron chi connectivity index (χ3n) is 4.26. The average Bonchev–Trinajstić information content (AvgIpc) is 3.16. The van der Waals surface area contributed by atoms with Crippen LogP contribution in [0.1, 0.15) is 30.6 Å². The molecule has 2 aromatic heterocycles. The van der Waals surface area contributed by atoms with Crippen molar-refractivity contribution < 1.29 is 26.3 Å². The van der Waals surface area contributed by atoms with E-state index in [1.807, 2.05) is 0 Å². The van der Waals surface area contributed by atoms with Crippen LogP contribution < -0.4 is 0 Å². The quantitative estimate of drug-likeness (QED) is 0.562.